The number of aliphatic hydroxyl groups is 1. The fraction of sp³-hybridized carbons (Fsp3) is 1.00. The average molecular weight is 199 g/mol. The summed E-state index contributed by atoms with van der Waals surface area (Å²) in [4.78, 5) is 0. The summed E-state index contributed by atoms with van der Waals surface area (Å²) in [5.41, 5.74) is 0. The van der Waals surface area contributed by atoms with Crippen LogP contribution < -0.4 is 5.32 Å². The lowest BCUT2D eigenvalue weighted by molar-refractivity contribution is 0.157. The summed E-state index contributed by atoms with van der Waals surface area (Å²) in [5, 5.41) is 12.9. The van der Waals surface area contributed by atoms with Crippen molar-refractivity contribution in [3.8, 4) is 0 Å². The lowest BCUT2D eigenvalue weighted by Gasteiger charge is -2.13. The van der Waals surface area contributed by atoms with Crippen molar-refractivity contribution in [2.24, 2.45) is 5.92 Å². The maximum Gasteiger partial charge on any atom is 0.0538 e. The standard InChI is InChI=1S/C12H25NO/c1-3-12(14)5-4-8-13-11-7-6-10(2)9-11/h10-14H,3-9H2,1-2H3. The van der Waals surface area contributed by atoms with Gasteiger partial charge in [-0.1, -0.05) is 13.8 Å². The Labute approximate surface area is 88.1 Å². The van der Waals surface area contributed by atoms with E-state index in [4.69, 9.17) is 0 Å². The summed E-state index contributed by atoms with van der Waals surface area (Å²) in [6.07, 6.45) is 6.94. The predicted octanol–water partition coefficient (Wildman–Crippen LogP) is 2.32. The first-order chi connectivity index (χ1) is 6.72. The number of hydrogen-bond acceptors (Lipinski definition) is 2. The molecule has 0 radical (unpaired) electrons. The molecule has 3 atom stereocenters. The molecular formula is C12H25NO. The molecule has 3 unspecified atom stereocenters. The minimum absolute atomic E-state index is 0.0840. The van der Waals surface area contributed by atoms with E-state index >= 15 is 0 Å². The van der Waals surface area contributed by atoms with Gasteiger partial charge in [0.1, 0.15) is 0 Å². The van der Waals surface area contributed by atoms with Gasteiger partial charge in [0.05, 0.1) is 6.10 Å². The van der Waals surface area contributed by atoms with Crippen molar-refractivity contribution >= 4 is 0 Å². The van der Waals surface area contributed by atoms with Crippen molar-refractivity contribution in [2.75, 3.05) is 6.54 Å². The first-order valence-electron chi connectivity index (χ1n) is 6.13. The molecule has 14 heavy (non-hydrogen) atoms. The molecule has 0 spiro atoms. The Balaban J connectivity index is 1.94. The number of rotatable bonds is 6. The molecule has 1 aliphatic rings. The minimum atomic E-state index is -0.0840. The zero-order valence-electron chi connectivity index (χ0n) is 9.63. The van der Waals surface area contributed by atoms with Crippen LogP contribution in [0, 0.1) is 5.92 Å². The van der Waals surface area contributed by atoms with Crippen molar-refractivity contribution in [3.05, 3.63) is 0 Å². The maximum atomic E-state index is 9.36. The smallest absolute Gasteiger partial charge is 0.0538 e. The summed E-state index contributed by atoms with van der Waals surface area (Å²) in [6.45, 7) is 5.45. The highest BCUT2D eigenvalue weighted by Crippen LogP contribution is 2.24. The molecule has 0 aliphatic heterocycles. The van der Waals surface area contributed by atoms with E-state index < -0.39 is 0 Å². The van der Waals surface area contributed by atoms with Crippen molar-refractivity contribution in [1.82, 2.24) is 5.32 Å². The van der Waals surface area contributed by atoms with Gasteiger partial charge >= 0.3 is 0 Å². The average Bonchev–Trinajstić information content (AvgIpc) is 2.58. The largest absolute Gasteiger partial charge is 0.393 e. The Hall–Kier alpha value is -0.0800. The van der Waals surface area contributed by atoms with Crippen LogP contribution in [0.15, 0.2) is 0 Å². The van der Waals surface area contributed by atoms with Gasteiger partial charge in [-0.2, -0.15) is 0 Å². The van der Waals surface area contributed by atoms with Gasteiger partial charge in [0, 0.05) is 6.04 Å². The monoisotopic (exact) mass is 199 g/mol. The normalized spacial score (nSPS) is 29.4. The van der Waals surface area contributed by atoms with Crippen LogP contribution in [-0.4, -0.2) is 23.8 Å². The summed E-state index contributed by atoms with van der Waals surface area (Å²) in [6, 6.07) is 0.753. The van der Waals surface area contributed by atoms with E-state index in [0.29, 0.717) is 0 Å². The van der Waals surface area contributed by atoms with Crippen molar-refractivity contribution in [1.29, 1.82) is 0 Å². The molecule has 0 amide bonds. The first kappa shape index (κ1) is 12.0. The number of hydrogen-bond donors (Lipinski definition) is 2. The van der Waals surface area contributed by atoms with Crippen molar-refractivity contribution in [3.63, 3.8) is 0 Å². The van der Waals surface area contributed by atoms with E-state index in [1.54, 1.807) is 0 Å². The first-order valence-corrected chi connectivity index (χ1v) is 6.13. The molecule has 0 heterocycles. The van der Waals surface area contributed by atoms with E-state index in [0.717, 1.165) is 37.8 Å². The fourth-order valence-corrected chi connectivity index (χ4v) is 2.24. The molecule has 84 valence electrons. The molecular weight excluding hydrogens is 174 g/mol. The van der Waals surface area contributed by atoms with Crippen LogP contribution >= 0.6 is 0 Å². The van der Waals surface area contributed by atoms with Crippen LogP contribution in [0.2, 0.25) is 0 Å². The van der Waals surface area contributed by atoms with E-state index in [-0.39, 0.29) is 6.10 Å². The van der Waals surface area contributed by atoms with Crippen LogP contribution in [0.5, 0.6) is 0 Å². The molecule has 1 rings (SSSR count). The van der Waals surface area contributed by atoms with Gasteiger partial charge in [0.25, 0.3) is 0 Å². The predicted molar refractivity (Wildman–Crippen MR) is 60.3 cm³/mol. The minimum Gasteiger partial charge on any atom is -0.393 e. The van der Waals surface area contributed by atoms with E-state index in [1.807, 2.05) is 6.92 Å². The highest BCUT2D eigenvalue weighted by Gasteiger charge is 2.20. The van der Waals surface area contributed by atoms with Crippen molar-refractivity contribution < 1.29 is 5.11 Å². The Morgan fingerprint density at radius 2 is 2.21 bits per heavy atom. The second-order valence-electron chi connectivity index (χ2n) is 4.77. The van der Waals surface area contributed by atoms with Crippen LogP contribution in [0.1, 0.15) is 52.4 Å². The van der Waals surface area contributed by atoms with Crippen LogP contribution in [0.4, 0.5) is 0 Å². The summed E-state index contributed by atoms with van der Waals surface area (Å²) in [5.74, 6) is 0.911. The molecule has 2 N–H and O–H groups in total. The fourth-order valence-electron chi connectivity index (χ4n) is 2.24. The van der Waals surface area contributed by atoms with Gasteiger partial charge < -0.3 is 10.4 Å². The summed E-state index contributed by atoms with van der Waals surface area (Å²) in [7, 11) is 0. The van der Waals surface area contributed by atoms with E-state index in [9.17, 15) is 5.11 Å². The van der Waals surface area contributed by atoms with Crippen LogP contribution in [0.25, 0.3) is 0 Å². The Bertz CT molecular complexity index is 149. The number of nitrogens with one attached hydrogen (secondary N) is 1. The lowest BCUT2D eigenvalue weighted by Crippen LogP contribution is -2.27. The Morgan fingerprint density at radius 3 is 2.79 bits per heavy atom. The molecule has 0 aromatic heterocycles. The van der Waals surface area contributed by atoms with E-state index in [1.165, 1.54) is 19.3 Å². The van der Waals surface area contributed by atoms with Gasteiger partial charge in [-0.3, -0.25) is 0 Å². The quantitative estimate of drug-likeness (QED) is 0.643. The zero-order chi connectivity index (χ0) is 10.4. The zero-order valence-corrected chi connectivity index (χ0v) is 9.63. The second kappa shape index (κ2) is 6.41. The molecule has 1 saturated carbocycles. The topological polar surface area (TPSA) is 32.3 Å². The Morgan fingerprint density at radius 1 is 1.43 bits per heavy atom. The highest BCUT2D eigenvalue weighted by atomic mass is 16.3. The molecule has 0 saturated heterocycles. The van der Waals surface area contributed by atoms with Gasteiger partial charge in [0.15, 0.2) is 0 Å². The molecule has 1 fully saturated rings. The molecule has 2 heteroatoms. The third-order valence-corrected chi connectivity index (χ3v) is 3.31. The lowest BCUT2D eigenvalue weighted by atomic mass is 10.1. The SMILES string of the molecule is CCC(O)CCCNC1CCC(C)C1. The molecule has 0 aromatic carbocycles. The third-order valence-electron chi connectivity index (χ3n) is 3.31. The highest BCUT2D eigenvalue weighted by molar-refractivity contribution is 4.78. The van der Waals surface area contributed by atoms with Crippen LogP contribution in [-0.2, 0) is 0 Å². The maximum absolute atomic E-state index is 9.36. The summed E-state index contributed by atoms with van der Waals surface area (Å²) < 4.78 is 0. The molecule has 0 bridgehead atoms. The van der Waals surface area contributed by atoms with Gasteiger partial charge in [-0.15, -0.1) is 0 Å². The molecule has 0 aromatic rings. The number of aliphatic hydroxyl groups excluding tert-OH is 1. The van der Waals surface area contributed by atoms with E-state index in [2.05, 4.69) is 12.2 Å². The van der Waals surface area contributed by atoms with Crippen molar-refractivity contribution in [2.45, 2.75) is 64.5 Å². The van der Waals surface area contributed by atoms with Gasteiger partial charge in [-0.05, 0) is 51.0 Å². The third kappa shape index (κ3) is 4.43. The van der Waals surface area contributed by atoms with Gasteiger partial charge in [-0.25, -0.2) is 0 Å². The van der Waals surface area contributed by atoms with Crippen LogP contribution in [0.3, 0.4) is 0 Å². The Kier molecular flexibility index (Phi) is 5.49. The molecule has 1 aliphatic carbocycles. The molecule has 2 nitrogen and oxygen atoms in total. The van der Waals surface area contributed by atoms with Gasteiger partial charge in [0.2, 0.25) is 0 Å². The summed E-state index contributed by atoms with van der Waals surface area (Å²) >= 11 is 0. The second-order valence-corrected chi connectivity index (χ2v) is 4.77.